The molecule has 2 rings (SSSR count). The maximum absolute atomic E-state index is 9.68. The van der Waals surface area contributed by atoms with Crippen molar-refractivity contribution < 1.29 is 5.11 Å². The van der Waals surface area contributed by atoms with Crippen molar-refractivity contribution in [2.45, 2.75) is 12.7 Å². The maximum Gasteiger partial charge on any atom is 0.180 e. The lowest BCUT2D eigenvalue weighted by Crippen LogP contribution is -2.06. The molecule has 0 bridgehead atoms. The molecule has 5 heteroatoms. The van der Waals surface area contributed by atoms with Gasteiger partial charge >= 0.3 is 0 Å². The van der Waals surface area contributed by atoms with Crippen molar-refractivity contribution in [1.82, 2.24) is 0 Å². The van der Waals surface area contributed by atoms with E-state index in [4.69, 9.17) is 5.73 Å². The van der Waals surface area contributed by atoms with Crippen LogP contribution in [0.1, 0.15) is 16.7 Å². The van der Waals surface area contributed by atoms with Crippen molar-refractivity contribution in [2.75, 3.05) is 0 Å². The first-order chi connectivity index (χ1) is 10.1. The van der Waals surface area contributed by atoms with Gasteiger partial charge in [-0.3, -0.25) is 0 Å². The number of nitrogens with two attached hydrogens (primary N) is 1. The number of phenolic OH excluding ortho intramolecular Hbond substituents is 1. The Morgan fingerprint density at radius 1 is 1.24 bits per heavy atom. The summed E-state index contributed by atoms with van der Waals surface area (Å²) in [6, 6.07) is 15.3. The van der Waals surface area contributed by atoms with Crippen molar-refractivity contribution in [3.63, 3.8) is 0 Å². The quantitative estimate of drug-likeness (QED) is 0.517. The number of hydrogen-bond acceptors (Lipinski definition) is 4. The van der Waals surface area contributed by atoms with Gasteiger partial charge in [-0.1, -0.05) is 53.7 Å². The van der Waals surface area contributed by atoms with Gasteiger partial charge in [0.1, 0.15) is 5.75 Å². The largest absolute Gasteiger partial charge is 0.507 e. The minimum Gasteiger partial charge on any atom is -0.507 e. The first-order valence-corrected chi connectivity index (χ1v) is 7.46. The first kappa shape index (κ1) is 15.1. The molecule has 0 saturated heterocycles. The average Bonchev–Trinajstić information content (AvgIpc) is 2.50. The predicted molar refractivity (Wildman–Crippen MR) is 89.8 cm³/mol. The van der Waals surface area contributed by atoms with Gasteiger partial charge in [0.05, 0.1) is 6.21 Å². The van der Waals surface area contributed by atoms with Crippen LogP contribution in [0.2, 0.25) is 0 Å². The molecule has 0 amide bonds. The molecule has 0 fully saturated rings. The molecule has 0 aliphatic rings. The SMILES string of the molecule is Cc1ccc(O)c(C=NN=C(N)SCc2ccccc2)c1. The maximum atomic E-state index is 9.68. The lowest BCUT2D eigenvalue weighted by molar-refractivity contribution is 0.474. The normalized spacial score (nSPS) is 12.0. The summed E-state index contributed by atoms with van der Waals surface area (Å²) in [5.41, 5.74) is 8.64. The van der Waals surface area contributed by atoms with Crippen LogP contribution in [0.5, 0.6) is 5.75 Å². The number of aryl methyl sites for hydroxylation is 1. The number of benzene rings is 2. The van der Waals surface area contributed by atoms with E-state index < -0.39 is 0 Å². The molecule has 2 aromatic carbocycles. The van der Waals surface area contributed by atoms with Gasteiger partial charge in [0.25, 0.3) is 0 Å². The lowest BCUT2D eigenvalue weighted by atomic mass is 10.1. The highest BCUT2D eigenvalue weighted by Gasteiger charge is 1.98. The van der Waals surface area contributed by atoms with Gasteiger partial charge in [-0.2, -0.15) is 5.10 Å². The van der Waals surface area contributed by atoms with Crippen LogP contribution in [0.25, 0.3) is 0 Å². The number of phenols is 1. The highest BCUT2D eigenvalue weighted by Crippen LogP contribution is 2.16. The number of nitrogens with zero attached hydrogens (tertiary/aromatic N) is 2. The van der Waals surface area contributed by atoms with Gasteiger partial charge in [-0.25, -0.2) is 0 Å². The van der Waals surface area contributed by atoms with E-state index in [9.17, 15) is 5.11 Å². The van der Waals surface area contributed by atoms with Gasteiger partial charge < -0.3 is 10.8 Å². The summed E-state index contributed by atoms with van der Waals surface area (Å²) in [7, 11) is 0. The summed E-state index contributed by atoms with van der Waals surface area (Å²) in [5.74, 6) is 0.927. The molecule has 0 aliphatic heterocycles. The fraction of sp³-hybridized carbons (Fsp3) is 0.125. The van der Waals surface area contributed by atoms with E-state index in [2.05, 4.69) is 10.2 Å². The third-order valence-corrected chi connectivity index (χ3v) is 3.62. The lowest BCUT2D eigenvalue weighted by Gasteiger charge is -2.00. The zero-order chi connectivity index (χ0) is 15.1. The molecule has 3 N–H and O–H groups in total. The second-order valence-electron chi connectivity index (χ2n) is 4.52. The Bertz CT molecular complexity index is 654. The molecular formula is C16H17N3OS. The van der Waals surface area contributed by atoms with Crippen molar-refractivity contribution in [3.05, 3.63) is 65.2 Å². The van der Waals surface area contributed by atoms with Gasteiger partial charge in [0, 0.05) is 11.3 Å². The zero-order valence-corrected chi connectivity index (χ0v) is 12.5. The standard InChI is InChI=1S/C16H17N3OS/c1-12-7-8-15(20)14(9-12)10-18-19-16(17)21-11-13-5-3-2-4-6-13/h2-10,20H,11H2,1H3,(H2,17,19). The van der Waals surface area contributed by atoms with Gasteiger partial charge in [-0.15, -0.1) is 5.10 Å². The Labute approximate surface area is 128 Å². The van der Waals surface area contributed by atoms with Gasteiger partial charge in [-0.05, 0) is 24.6 Å². The first-order valence-electron chi connectivity index (χ1n) is 6.48. The van der Waals surface area contributed by atoms with Crippen molar-refractivity contribution in [1.29, 1.82) is 0 Å². The predicted octanol–water partition coefficient (Wildman–Crippen LogP) is 3.28. The Balaban J connectivity index is 1.93. The Morgan fingerprint density at radius 2 is 2.00 bits per heavy atom. The number of thioether (sulfide) groups is 1. The molecule has 0 aromatic heterocycles. The molecule has 0 unspecified atom stereocenters. The summed E-state index contributed by atoms with van der Waals surface area (Å²) in [6.07, 6.45) is 1.50. The third kappa shape index (κ3) is 4.96. The van der Waals surface area contributed by atoms with Crippen LogP contribution in [-0.2, 0) is 5.75 Å². The van der Waals surface area contributed by atoms with Crippen LogP contribution in [0.15, 0.2) is 58.7 Å². The van der Waals surface area contributed by atoms with Crippen molar-refractivity contribution in [2.24, 2.45) is 15.9 Å². The van der Waals surface area contributed by atoms with Crippen LogP contribution in [0.4, 0.5) is 0 Å². The Kier molecular flexibility index (Phi) is 5.40. The second kappa shape index (κ2) is 7.50. The Hall–Kier alpha value is -2.27. The number of rotatable bonds is 4. The minimum atomic E-state index is 0.176. The number of amidine groups is 1. The van der Waals surface area contributed by atoms with E-state index in [1.54, 1.807) is 6.07 Å². The summed E-state index contributed by atoms with van der Waals surface area (Å²) < 4.78 is 0. The van der Waals surface area contributed by atoms with Crippen molar-refractivity contribution in [3.8, 4) is 5.75 Å². The summed E-state index contributed by atoms with van der Waals surface area (Å²) >= 11 is 1.42. The van der Waals surface area contributed by atoms with Crippen LogP contribution in [-0.4, -0.2) is 16.5 Å². The minimum absolute atomic E-state index is 0.176. The fourth-order valence-corrected chi connectivity index (χ4v) is 2.30. The van der Waals surface area contributed by atoms with Crippen LogP contribution in [0, 0.1) is 6.92 Å². The third-order valence-electron chi connectivity index (χ3n) is 2.77. The van der Waals surface area contributed by atoms with Gasteiger partial charge in [0.2, 0.25) is 0 Å². The molecule has 0 spiro atoms. The summed E-state index contributed by atoms with van der Waals surface area (Å²) in [6.45, 7) is 1.95. The molecule has 0 saturated carbocycles. The number of aromatic hydroxyl groups is 1. The number of hydrogen-bond donors (Lipinski definition) is 2. The molecule has 0 heterocycles. The smallest absolute Gasteiger partial charge is 0.180 e. The molecular weight excluding hydrogens is 282 g/mol. The van der Waals surface area contributed by atoms with E-state index in [-0.39, 0.29) is 5.75 Å². The Morgan fingerprint density at radius 3 is 2.76 bits per heavy atom. The zero-order valence-electron chi connectivity index (χ0n) is 11.7. The average molecular weight is 299 g/mol. The topological polar surface area (TPSA) is 71.0 Å². The van der Waals surface area contributed by atoms with Crippen LogP contribution >= 0.6 is 11.8 Å². The van der Waals surface area contributed by atoms with Crippen molar-refractivity contribution >= 4 is 23.1 Å². The molecule has 2 aromatic rings. The highest BCUT2D eigenvalue weighted by atomic mass is 32.2. The van der Waals surface area contributed by atoms with E-state index in [1.807, 2.05) is 49.4 Å². The molecule has 0 aliphatic carbocycles. The monoisotopic (exact) mass is 299 g/mol. The summed E-state index contributed by atoms with van der Waals surface area (Å²) in [4.78, 5) is 0. The molecule has 0 atom stereocenters. The molecule has 0 radical (unpaired) electrons. The van der Waals surface area contributed by atoms with Gasteiger partial charge in [0.15, 0.2) is 5.17 Å². The van der Waals surface area contributed by atoms with E-state index in [0.717, 1.165) is 11.3 Å². The molecule has 4 nitrogen and oxygen atoms in total. The second-order valence-corrected chi connectivity index (χ2v) is 5.51. The summed E-state index contributed by atoms with van der Waals surface area (Å²) in [5, 5.41) is 17.9. The molecule has 108 valence electrons. The van der Waals surface area contributed by atoms with Crippen LogP contribution < -0.4 is 5.73 Å². The van der Waals surface area contributed by atoms with Crippen LogP contribution in [0.3, 0.4) is 0 Å². The highest BCUT2D eigenvalue weighted by molar-refractivity contribution is 8.13. The van der Waals surface area contributed by atoms with E-state index in [0.29, 0.717) is 10.7 Å². The van der Waals surface area contributed by atoms with E-state index in [1.165, 1.54) is 23.5 Å². The fourth-order valence-electron chi connectivity index (χ4n) is 1.69. The molecule has 21 heavy (non-hydrogen) atoms. The van der Waals surface area contributed by atoms with E-state index >= 15 is 0 Å².